The van der Waals surface area contributed by atoms with Crippen LogP contribution in [0.15, 0.2) is 53.6 Å². The number of benzene rings is 1. The van der Waals surface area contributed by atoms with E-state index < -0.39 is 0 Å². The van der Waals surface area contributed by atoms with Gasteiger partial charge in [-0.15, -0.1) is 0 Å². The molecule has 0 spiro atoms. The number of aliphatic hydroxyl groups is 1. The maximum atomic E-state index is 13.2. The van der Waals surface area contributed by atoms with E-state index in [0.29, 0.717) is 41.7 Å². The summed E-state index contributed by atoms with van der Waals surface area (Å²) in [6.07, 6.45) is 3.85. The van der Waals surface area contributed by atoms with E-state index in [1.807, 2.05) is 12.1 Å². The number of hydrogen-bond acceptors (Lipinski definition) is 4. The van der Waals surface area contributed by atoms with Gasteiger partial charge in [0.2, 0.25) is 0 Å². The number of carbonyl (C=O) groups excluding carboxylic acids is 1. The number of aryl methyl sites for hydroxylation is 1. The molecule has 0 aliphatic carbocycles. The number of aromatic amines is 1. The fourth-order valence-electron chi connectivity index (χ4n) is 2.97. The summed E-state index contributed by atoms with van der Waals surface area (Å²) < 4.78 is 0. The van der Waals surface area contributed by atoms with Crippen molar-refractivity contribution in [3.8, 4) is 0 Å². The van der Waals surface area contributed by atoms with E-state index in [0.717, 1.165) is 5.56 Å². The van der Waals surface area contributed by atoms with Gasteiger partial charge in [-0.1, -0.05) is 6.07 Å². The maximum absolute atomic E-state index is 13.2. The molecule has 0 unspecified atom stereocenters. The van der Waals surface area contributed by atoms with Crippen LogP contribution in [-0.2, 0) is 6.54 Å². The van der Waals surface area contributed by atoms with Gasteiger partial charge >= 0.3 is 0 Å². The van der Waals surface area contributed by atoms with Crippen molar-refractivity contribution in [3.63, 3.8) is 0 Å². The molecule has 0 radical (unpaired) electrons. The monoisotopic (exact) mass is 351 g/mol. The molecule has 1 aromatic carbocycles. The zero-order valence-electron chi connectivity index (χ0n) is 14.6. The Kier molecular flexibility index (Phi) is 5.43. The van der Waals surface area contributed by atoms with E-state index in [9.17, 15) is 14.7 Å². The molecule has 6 nitrogen and oxygen atoms in total. The second kappa shape index (κ2) is 7.93. The largest absolute Gasteiger partial charge is 0.396 e. The first kappa shape index (κ1) is 17.8. The summed E-state index contributed by atoms with van der Waals surface area (Å²) in [4.78, 5) is 34.2. The standard InChI is InChI=1S/C20H21N3O3/c1-14-12-18(25)16-4-2-5-17(19(16)22-14)20(26)23(10-3-11-24)13-15-6-8-21-9-7-15/h2,4-9,12,24H,3,10-11,13H2,1H3,(H,22,25). The summed E-state index contributed by atoms with van der Waals surface area (Å²) in [5, 5.41) is 9.68. The van der Waals surface area contributed by atoms with Crippen molar-refractivity contribution in [3.05, 3.63) is 75.8 Å². The second-order valence-corrected chi connectivity index (χ2v) is 6.20. The SMILES string of the molecule is Cc1cc(=O)c2cccc(C(=O)N(CCCO)Cc3ccncc3)c2[nH]1. The number of amides is 1. The first-order valence-electron chi connectivity index (χ1n) is 8.52. The molecule has 0 atom stereocenters. The predicted octanol–water partition coefficient (Wildman–Crippen LogP) is 2.26. The second-order valence-electron chi connectivity index (χ2n) is 6.20. The van der Waals surface area contributed by atoms with Crippen LogP contribution < -0.4 is 5.43 Å². The number of fused-ring (bicyclic) bond motifs is 1. The van der Waals surface area contributed by atoms with E-state index >= 15 is 0 Å². The Morgan fingerprint density at radius 1 is 1.23 bits per heavy atom. The molecule has 2 N–H and O–H groups in total. The topological polar surface area (TPSA) is 86.3 Å². The molecule has 0 fully saturated rings. The molecule has 0 aliphatic rings. The summed E-state index contributed by atoms with van der Waals surface area (Å²) in [5.74, 6) is -0.179. The number of aromatic nitrogens is 2. The summed E-state index contributed by atoms with van der Waals surface area (Å²) in [5.41, 5.74) is 2.55. The molecule has 0 saturated heterocycles. The quantitative estimate of drug-likeness (QED) is 0.713. The summed E-state index contributed by atoms with van der Waals surface area (Å²) in [6, 6.07) is 10.4. The lowest BCUT2D eigenvalue weighted by Gasteiger charge is -2.23. The van der Waals surface area contributed by atoms with Crippen LogP contribution in [0.25, 0.3) is 10.9 Å². The van der Waals surface area contributed by atoms with Crippen LogP contribution in [0, 0.1) is 6.92 Å². The van der Waals surface area contributed by atoms with E-state index in [2.05, 4.69) is 9.97 Å². The van der Waals surface area contributed by atoms with Gasteiger partial charge in [0.05, 0.1) is 11.1 Å². The number of H-pyrrole nitrogens is 1. The average Bonchev–Trinajstić information content (AvgIpc) is 2.65. The number of carbonyl (C=O) groups is 1. The van der Waals surface area contributed by atoms with Gasteiger partial charge in [-0.05, 0) is 43.2 Å². The van der Waals surface area contributed by atoms with Crippen LogP contribution in [-0.4, -0.2) is 39.0 Å². The Labute approximate surface area is 151 Å². The van der Waals surface area contributed by atoms with Crippen molar-refractivity contribution in [2.24, 2.45) is 0 Å². The smallest absolute Gasteiger partial charge is 0.256 e. The third-order valence-corrected chi connectivity index (χ3v) is 4.23. The summed E-state index contributed by atoms with van der Waals surface area (Å²) in [7, 11) is 0. The van der Waals surface area contributed by atoms with Gasteiger partial charge in [0.15, 0.2) is 5.43 Å². The van der Waals surface area contributed by atoms with Crippen LogP contribution in [0.1, 0.15) is 28.0 Å². The highest BCUT2D eigenvalue weighted by molar-refractivity contribution is 6.05. The highest BCUT2D eigenvalue weighted by Crippen LogP contribution is 2.18. The van der Waals surface area contributed by atoms with Gasteiger partial charge in [0, 0.05) is 49.2 Å². The summed E-state index contributed by atoms with van der Waals surface area (Å²) in [6.45, 7) is 2.63. The van der Waals surface area contributed by atoms with Gasteiger partial charge in [0.1, 0.15) is 0 Å². The molecule has 3 rings (SSSR count). The zero-order valence-corrected chi connectivity index (χ0v) is 14.6. The number of rotatable bonds is 6. The van der Waals surface area contributed by atoms with Crippen molar-refractivity contribution >= 4 is 16.8 Å². The molecular weight excluding hydrogens is 330 g/mol. The Morgan fingerprint density at radius 3 is 2.73 bits per heavy atom. The average molecular weight is 351 g/mol. The van der Waals surface area contributed by atoms with Gasteiger partial charge in [-0.3, -0.25) is 14.6 Å². The number of hydrogen-bond donors (Lipinski definition) is 2. The van der Waals surface area contributed by atoms with Gasteiger partial charge in [-0.25, -0.2) is 0 Å². The fourth-order valence-corrected chi connectivity index (χ4v) is 2.97. The van der Waals surface area contributed by atoms with E-state index in [4.69, 9.17) is 0 Å². The van der Waals surface area contributed by atoms with Gasteiger partial charge in [-0.2, -0.15) is 0 Å². The molecule has 0 saturated carbocycles. The molecule has 26 heavy (non-hydrogen) atoms. The lowest BCUT2D eigenvalue weighted by molar-refractivity contribution is 0.0733. The van der Waals surface area contributed by atoms with Crippen LogP contribution in [0.3, 0.4) is 0 Å². The van der Waals surface area contributed by atoms with Gasteiger partial charge in [0.25, 0.3) is 5.91 Å². The molecule has 6 heteroatoms. The highest BCUT2D eigenvalue weighted by Gasteiger charge is 2.19. The van der Waals surface area contributed by atoms with Crippen LogP contribution >= 0.6 is 0 Å². The van der Waals surface area contributed by atoms with Crippen LogP contribution in [0.5, 0.6) is 0 Å². The molecule has 2 aromatic heterocycles. The Balaban J connectivity index is 2.01. The minimum absolute atomic E-state index is 0.00556. The van der Waals surface area contributed by atoms with Crippen LogP contribution in [0.4, 0.5) is 0 Å². The Hall–Kier alpha value is -2.99. The zero-order chi connectivity index (χ0) is 18.5. The molecular formula is C20H21N3O3. The number of para-hydroxylation sites is 1. The third-order valence-electron chi connectivity index (χ3n) is 4.23. The first-order valence-corrected chi connectivity index (χ1v) is 8.52. The van der Waals surface area contributed by atoms with Crippen molar-refractivity contribution in [2.75, 3.05) is 13.2 Å². The number of pyridine rings is 2. The predicted molar refractivity (Wildman–Crippen MR) is 100.0 cm³/mol. The Bertz CT molecular complexity index is 967. The lowest BCUT2D eigenvalue weighted by Crippen LogP contribution is -2.32. The van der Waals surface area contributed by atoms with Crippen LogP contribution in [0.2, 0.25) is 0 Å². The minimum atomic E-state index is -0.179. The molecule has 2 heterocycles. The maximum Gasteiger partial charge on any atom is 0.256 e. The molecule has 0 aliphatic heterocycles. The van der Waals surface area contributed by atoms with E-state index in [-0.39, 0.29) is 17.9 Å². The van der Waals surface area contributed by atoms with Crippen molar-refractivity contribution in [1.82, 2.24) is 14.9 Å². The summed E-state index contributed by atoms with van der Waals surface area (Å²) >= 11 is 0. The molecule has 0 bridgehead atoms. The fraction of sp³-hybridized carbons (Fsp3) is 0.250. The first-order chi connectivity index (χ1) is 12.6. The lowest BCUT2D eigenvalue weighted by atomic mass is 10.1. The Morgan fingerprint density at radius 2 is 2.00 bits per heavy atom. The number of nitrogens with zero attached hydrogens (tertiary/aromatic N) is 2. The van der Waals surface area contributed by atoms with Crippen molar-refractivity contribution in [1.29, 1.82) is 0 Å². The van der Waals surface area contributed by atoms with E-state index in [1.165, 1.54) is 6.07 Å². The van der Waals surface area contributed by atoms with Crippen molar-refractivity contribution in [2.45, 2.75) is 19.9 Å². The van der Waals surface area contributed by atoms with Crippen molar-refractivity contribution < 1.29 is 9.90 Å². The minimum Gasteiger partial charge on any atom is -0.396 e. The molecule has 3 aromatic rings. The normalized spacial score (nSPS) is 10.8. The number of aliphatic hydroxyl groups excluding tert-OH is 1. The highest BCUT2D eigenvalue weighted by atomic mass is 16.3. The molecule has 134 valence electrons. The number of nitrogens with one attached hydrogen (secondary N) is 1. The molecule has 1 amide bonds. The third kappa shape index (κ3) is 3.81. The van der Waals surface area contributed by atoms with Gasteiger partial charge < -0.3 is 15.0 Å². The van der Waals surface area contributed by atoms with E-state index in [1.54, 1.807) is 42.4 Å².